The molecule has 0 fully saturated rings. The van der Waals surface area contributed by atoms with Crippen molar-refractivity contribution in [2.24, 2.45) is 0 Å². The highest BCUT2D eigenvalue weighted by Gasteiger charge is 2.32. The van der Waals surface area contributed by atoms with Crippen LogP contribution in [0.15, 0.2) is 65.3 Å². The second-order valence-corrected chi connectivity index (χ2v) is 8.47. The van der Waals surface area contributed by atoms with Crippen LogP contribution in [-0.2, 0) is 6.54 Å². The Labute approximate surface area is 182 Å². The van der Waals surface area contributed by atoms with Gasteiger partial charge in [-0.15, -0.1) is 0 Å². The summed E-state index contributed by atoms with van der Waals surface area (Å²) >= 11 is 21.9. The van der Waals surface area contributed by atoms with Crippen LogP contribution in [0.4, 0.5) is 5.69 Å². The number of fused-ring (bicyclic) bond motifs is 1. The van der Waals surface area contributed by atoms with Gasteiger partial charge >= 0.3 is 0 Å². The lowest BCUT2D eigenvalue weighted by molar-refractivity contribution is 0.293. The Morgan fingerprint density at radius 2 is 1.93 bits per heavy atom. The molecule has 3 aromatic rings. The highest BCUT2D eigenvalue weighted by atomic mass is 79.9. The molecule has 1 aliphatic rings. The zero-order valence-corrected chi connectivity index (χ0v) is 18.1. The van der Waals surface area contributed by atoms with E-state index in [9.17, 15) is 0 Å². The summed E-state index contributed by atoms with van der Waals surface area (Å²) in [4.78, 5) is 2.18. The lowest BCUT2D eigenvalue weighted by atomic mass is 10.00. The molecular weight excluding hydrogens is 465 g/mol. The van der Waals surface area contributed by atoms with Crippen molar-refractivity contribution in [3.05, 3.63) is 86.6 Å². The van der Waals surface area contributed by atoms with E-state index >= 15 is 0 Å². The topological polar surface area (TPSA) is 20.2 Å². The van der Waals surface area contributed by atoms with Gasteiger partial charge in [0.2, 0.25) is 0 Å². The molecule has 1 aliphatic heterocycles. The predicted octanol–water partition coefficient (Wildman–Crippen LogP) is 6.36. The van der Waals surface area contributed by atoms with Gasteiger partial charge in [0, 0.05) is 45.2 Å². The van der Waals surface area contributed by atoms with Gasteiger partial charge in [-0.1, -0.05) is 51.3 Å². The van der Waals surface area contributed by atoms with Gasteiger partial charge in [0.1, 0.15) is 0 Å². The van der Waals surface area contributed by atoms with E-state index in [-0.39, 0.29) is 6.04 Å². The fraction of sp³-hybridized carbons (Fsp3) is 0.150. The minimum Gasteiger partial charge on any atom is -0.348 e. The molecule has 0 amide bonds. The molecule has 1 atom stereocenters. The minimum atomic E-state index is -0.0781. The molecule has 1 aromatic heterocycles. The zero-order valence-electron chi connectivity index (χ0n) is 14.2. The summed E-state index contributed by atoms with van der Waals surface area (Å²) < 4.78 is 3.24. The Morgan fingerprint density at radius 1 is 1.07 bits per heavy atom. The van der Waals surface area contributed by atoms with Crippen molar-refractivity contribution in [2.45, 2.75) is 12.6 Å². The first-order chi connectivity index (χ1) is 13.0. The maximum Gasteiger partial charge on any atom is 0.174 e. The average Bonchev–Trinajstić information content (AvgIpc) is 3.10. The van der Waals surface area contributed by atoms with Gasteiger partial charge in [-0.25, -0.2) is 0 Å². The summed E-state index contributed by atoms with van der Waals surface area (Å²) in [6, 6.07) is 17.7. The number of nitrogens with zero attached hydrogens (tertiary/aromatic N) is 2. The van der Waals surface area contributed by atoms with E-state index in [4.69, 9.17) is 35.4 Å². The molecule has 1 unspecified atom stereocenters. The van der Waals surface area contributed by atoms with Crippen molar-refractivity contribution in [3.63, 3.8) is 0 Å². The lowest BCUT2D eigenvalue weighted by Crippen LogP contribution is -2.44. The molecule has 2 aromatic carbocycles. The second kappa shape index (κ2) is 7.84. The average molecular weight is 481 g/mol. The summed E-state index contributed by atoms with van der Waals surface area (Å²) in [5.41, 5.74) is 3.08. The van der Waals surface area contributed by atoms with Crippen LogP contribution < -0.4 is 5.32 Å². The summed E-state index contributed by atoms with van der Waals surface area (Å²) in [5, 5.41) is 5.28. The van der Waals surface area contributed by atoms with E-state index in [1.807, 2.05) is 36.4 Å². The molecule has 138 valence electrons. The molecule has 2 heterocycles. The fourth-order valence-electron chi connectivity index (χ4n) is 3.41. The third kappa shape index (κ3) is 3.87. The first-order valence-corrected chi connectivity index (χ1v) is 10.4. The number of anilines is 1. The third-order valence-corrected chi connectivity index (χ3v) is 6.02. The van der Waals surface area contributed by atoms with Crippen LogP contribution in [0.3, 0.4) is 0 Å². The first kappa shape index (κ1) is 18.8. The molecule has 0 spiro atoms. The Balaban J connectivity index is 1.71. The van der Waals surface area contributed by atoms with Crippen molar-refractivity contribution >= 4 is 62.1 Å². The normalized spacial score (nSPS) is 16.1. The van der Waals surface area contributed by atoms with Gasteiger partial charge in [-0.3, -0.25) is 0 Å². The van der Waals surface area contributed by atoms with Crippen LogP contribution in [0.5, 0.6) is 0 Å². The van der Waals surface area contributed by atoms with Crippen molar-refractivity contribution in [3.8, 4) is 0 Å². The monoisotopic (exact) mass is 479 g/mol. The van der Waals surface area contributed by atoms with Gasteiger partial charge in [-0.2, -0.15) is 0 Å². The zero-order chi connectivity index (χ0) is 19.0. The summed E-state index contributed by atoms with van der Waals surface area (Å²) in [6.07, 6.45) is 2.09. The minimum absolute atomic E-state index is 0.0781. The molecule has 1 N–H and O–H groups in total. The summed E-state index contributed by atoms with van der Waals surface area (Å²) in [6.45, 7) is 1.65. The van der Waals surface area contributed by atoms with Crippen LogP contribution in [0.1, 0.15) is 17.3 Å². The molecule has 0 aliphatic carbocycles. The van der Waals surface area contributed by atoms with Crippen molar-refractivity contribution < 1.29 is 0 Å². The van der Waals surface area contributed by atoms with E-state index in [1.165, 1.54) is 0 Å². The Morgan fingerprint density at radius 3 is 2.70 bits per heavy atom. The maximum atomic E-state index is 6.56. The molecular formula is C20H16BrCl2N3S. The molecule has 3 nitrogen and oxygen atoms in total. The van der Waals surface area contributed by atoms with Crippen LogP contribution in [0, 0.1) is 0 Å². The number of aromatic nitrogens is 1. The van der Waals surface area contributed by atoms with Crippen molar-refractivity contribution in [1.82, 2.24) is 9.47 Å². The van der Waals surface area contributed by atoms with E-state index in [0.717, 1.165) is 34.5 Å². The number of halogens is 3. The number of thiocarbonyl (C=S) groups is 1. The molecule has 27 heavy (non-hydrogen) atoms. The Kier molecular flexibility index (Phi) is 5.46. The van der Waals surface area contributed by atoms with Crippen LogP contribution in [-0.4, -0.2) is 21.1 Å². The van der Waals surface area contributed by atoms with Crippen LogP contribution >= 0.6 is 51.3 Å². The molecule has 0 saturated carbocycles. The largest absolute Gasteiger partial charge is 0.348 e. The second-order valence-electron chi connectivity index (χ2n) is 6.33. The van der Waals surface area contributed by atoms with Gasteiger partial charge < -0.3 is 14.8 Å². The van der Waals surface area contributed by atoms with Gasteiger partial charge in [-0.05, 0) is 60.2 Å². The van der Waals surface area contributed by atoms with Crippen LogP contribution in [0.25, 0.3) is 0 Å². The highest BCUT2D eigenvalue weighted by molar-refractivity contribution is 9.10. The number of hydrogen-bond acceptors (Lipinski definition) is 1. The number of hydrogen-bond donors (Lipinski definition) is 1. The number of nitrogens with one attached hydrogen (secondary N) is 1. The fourth-order valence-corrected chi connectivity index (χ4v) is 4.64. The summed E-state index contributed by atoms with van der Waals surface area (Å²) in [5.74, 6) is 0. The van der Waals surface area contributed by atoms with E-state index in [1.54, 1.807) is 6.07 Å². The maximum absolute atomic E-state index is 6.56. The predicted molar refractivity (Wildman–Crippen MR) is 120 cm³/mol. The number of benzene rings is 2. The van der Waals surface area contributed by atoms with E-state index in [2.05, 4.69) is 49.0 Å². The van der Waals surface area contributed by atoms with Gasteiger partial charge in [0.15, 0.2) is 5.11 Å². The van der Waals surface area contributed by atoms with Crippen molar-refractivity contribution in [1.29, 1.82) is 0 Å². The molecule has 0 bridgehead atoms. The summed E-state index contributed by atoms with van der Waals surface area (Å²) in [7, 11) is 0. The van der Waals surface area contributed by atoms with E-state index in [0.29, 0.717) is 15.2 Å². The smallest absolute Gasteiger partial charge is 0.174 e. The quantitative estimate of drug-likeness (QED) is 0.431. The first-order valence-electron chi connectivity index (χ1n) is 8.46. The molecule has 0 radical (unpaired) electrons. The lowest BCUT2D eigenvalue weighted by Gasteiger charge is -2.39. The highest BCUT2D eigenvalue weighted by Crippen LogP contribution is 2.37. The Hall–Kier alpha value is -1.53. The number of rotatable bonds is 2. The SMILES string of the molecule is S=C(Nc1cccc(Br)c1)N1CCn2cccc2C1c1ccc(Cl)cc1Cl. The third-order valence-electron chi connectivity index (χ3n) is 4.63. The van der Waals surface area contributed by atoms with E-state index < -0.39 is 0 Å². The van der Waals surface area contributed by atoms with Crippen LogP contribution in [0.2, 0.25) is 10.0 Å². The van der Waals surface area contributed by atoms with Gasteiger partial charge in [0.25, 0.3) is 0 Å². The standard InChI is InChI=1S/C20H16BrCl2N3S/c21-13-3-1-4-15(11-13)24-20(27)26-10-9-25-8-2-5-18(25)19(26)16-7-6-14(22)12-17(16)23/h1-8,11-12,19H,9-10H2,(H,24,27). The molecule has 4 rings (SSSR count). The van der Waals surface area contributed by atoms with Gasteiger partial charge in [0.05, 0.1) is 6.04 Å². The molecule has 0 saturated heterocycles. The molecule has 7 heteroatoms. The Bertz CT molecular complexity index is 1000. The van der Waals surface area contributed by atoms with Crippen molar-refractivity contribution in [2.75, 3.05) is 11.9 Å².